The van der Waals surface area contributed by atoms with Crippen molar-refractivity contribution in [3.05, 3.63) is 11.6 Å². The van der Waals surface area contributed by atoms with Gasteiger partial charge in [0, 0.05) is 44.3 Å². The number of aromatic nitrogens is 1. The minimum Gasteiger partial charge on any atom is -0.370 e. The molecule has 0 aromatic carbocycles. The molecule has 0 aliphatic carbocycles. The van der Waals surface area contributed by atoms with E-state index >= 15 is 0 Å². The van der Waals surface area contributed by atoms with Crippen LogP contribution in [0.3, 0.4) is 0 Å². The second-order valence-corrected chi connectivity index (χ2v) is 7.65. The van der Waals surface area contributed by atoms with Crippen LogP contribution in [0.1, 0.15) is 26.2 Å². The van der Waals surface area contributed by atoms with Crippen molar-refractivity contribution >= 4 is 46.4 Å². The molecule has 25 heavy (non-hydrogen) atoms. The smallest absolute Gasteiger partial charge is 0.191 e. The fourth-order valence-electron chi connectivity index (χ4n) is 3.53. The topological polar surface area (TPSA) is 61.0 Å². The molecular weight excluding hydrogens is 447 g/mol. The molecule has 0 bridgehead atoms. The number of hydrogen-bond acceptors (Lipinski definition) is 5. The number of rotatable bonds is 5. The molecule has 0 amide bonds. The molecule has 2 aliphatic rings. The van der Waals surface area contributed by atoms with Crippen molar-refractivity contribution in [3.63, 3.8) is 0 Å². The van der Waals surface area contributed by atoms with Crippen LogP contribution in [-0.2, 0) is 0 Å². The zero-order valence-electron chi connectivity index (χ0n) is 15.1. The van der Waals surface area contributed by atoms with Crippen molar-refractivity contribution in [2.75, 3.05) is 57.3 Å². The average molecular weight is 478 g/mol. The lowest BCUT2D eigenvalue weighted by atomic mass is 9.97. The number of guanidine groups is 1. The molecule has 0 atom stereocenters. The van der Waals surface area contributed by atoms with Crippen LogP contribution in [0.25, 0.3) is 0 Å². The Morgan fingerprint density at radius 3 is 2.56 bits per heavy atom. The van der Waals surface area contributed by atoms with Gasteiger partial charge in [-0.3, -0.25) is 4.99 Å². The van der Waals surface area contributed by atoms with Crippen LogP contribution >= 0.6 is 35.3 Å². The van der Waals surface area contributed by atoms with Crippen LogP contribution in [0, 0.1) is 5.92 Å². The Labute approximate surface area is 172 Å². The van der Waals surface area contributed by atoms with E-state index in [1.807, 2.05) is 11.6 Å². The van der Waals surface area contributed by atoms with Gasteiger partial charge in [0.15, 0.2) is 11.1 Å². The number of aliphatic imine (C=N–C) groups is 1. The van der Waals surface area contributed by atoms with Crippen LogP contribution in [-0.4, -0.2) is 73.1 Å². The van der Waals surface area contributed by atoms with E-state index in [4.69, 9.17) is 10.7 Å². The van der Waals surface area contributed by atoms with Gasteiger partial charge >= 0.3 is 0 Å². The Kier molecular flexibility index (Phi) is 8.71. The third-order valence-electron chi connectivity index (χ3n) is 5.05. The molecule has 0 radical (unpaired) electrons. The van der Waals surface area contributed by atoms with Gasteiger partial charge in [0.25, 0.3) is 0 Å². The number of anilines is 1. The number of nitrogens with zero attached hydrogens (tertiary/aromatic N) is 5. The first-order chi connectivity index (χ1) is 11.8. The summed E-state index contributed by atoms with van der Waals surface area (Å²) in [5.74, 6) is 1.43. The van der Waals surface area contributed by atoms with Crippen molar-refractivity contribution in [1.29, 1.82) is 0 Å². The van der Waals surface area contributed by atoms with E-state index in [9.17, 15) is 0 Å². The third-order valence-corrected chi connectivity index (χ3v) is 5.88. The minimum absolute atomic E-state index is 0. The highest BCUT2D eigenvalue weighted by atomic mass is 127. The number of thiazole rings is 1. The fourth-order valence-corrected chi connectivity index (χ4v) is 4.23. The quantitative estimate of drug-likeness (QED) is 0.400. The minimum atomic E-state index is 0. The molecule has 3 rings (SSSR count). The predicted octanol–water partition coefficient (Wildman–Crippen LogP) is 2.32. The summed E-state index contributed by atoms with van der Waals surface area (Å²) >= 11 is 1.70. The van der Waals surface area contributed by atoms with E-state index in [2.05, 4.69) is 26.6 Å². The number of hydrogen-bond donors (Lipinski definition) is 1. The zero-order valence-corrected chi connectivity index (χ0v) is 18.3. The summed E-state index contributed by atoms with van der Waals surface area (Å²) in [6.45, 7) is 10.6. The molecule has 1 aromatic rings. The number of piperazine rings is 1. The van der Waals surface area contributed by atoms with Gasteiger partial charge in [-0.15, -0.1) is 35.3 Å². The highest BCUT2D eigenvalue weighted by molar-refractivity contribution is 14.0. The average Bonchev–Trinajstić information content (AvgIpc) is 3.16. The van der Waals surface area contributed by atoms with Gasteiger partial charge in [0.1, 0.15) is 0 Å². The maximum absolute atomic E-state index is 6.24. The van der Waals surface area contributed by atoms with Gasteiger partial charge in [0.2, 0.25) is 0 Å². The SMILES string of the molecule is CCCN1CCC(CN=C(N)N2CCN(c3nccs3)CC2)CC1.I. The summed E-state index contributed by atoms with van der Waals surface area (Å²) < 4.78 is 0. The first kappa shape index (κ1) is 20.7. The maximum atomic E-state index is 6.24. The molecule has 0 saturated carbocycles. The fraction of sp³-hybridized carbons (Fsp3) is 0.765. The molecule has 1 aromatic heterocycles. The Morgan fingerprint density at radius 2 is 1.96 bits per heavy atom. The second kappa shape index (κ2) is 10.5. The molecule has 2 saturated heterocycles. The van der Waals surface area contributed by atoms with Crippen molar-refractivity contribution in [3.8, 4) is 0 Å². The molecule has 2 N–H and O–H groups in total. The van der Waals surface area contributed by atoms with Crippen molar-refractivity contribution < 1.29 is 0 Å². The molecule has 2 aliphatic heterocycles. The highest BCUT2D eigenvalue weighted by Gasteiger charge is 2.21. The predicted molar refractivity (Wildman–Crippen MR) is 117 cm³/mol. The van der Waals surface area contributed by atoms with E-state index in [1.54, 1.807) is 11.3 Å². The lowest BCUT2D eigenvalue weighted by Crippen LogP contribution is -2.51. The van der Waals surface area contributed by atoms with Crippen LogP contribution in [0.2, 0.25) is 0 Å². The molecule has 3 heterocycles. The summed E-state index contributed by atoms with van der Waals surface area (Å²) in [7, 11) is 0. The maximum Gasteiger partial charge on any atom is 0.191 e. The van der Waals surface area contributed by atoms with E-state index < -0.39 is 0 Å². The molecule has 6 nitrogen and oxygen atoms in total. The summed E-state index contributed by atoms with van der Waals surface area (Å²) in [6, 6.07) is 0. The molecule has 0 unspecified atom stereocenters. The second-order valence-electron chi connectivity index (χ2n) is 6.77. The Hall–Kier alpha value is -0.610. The van der Waals surface area contributed by atoms with Crippen molar-refractivity contribution in [2.45, 2.75) is 26.2 Å². The highest BCUT2D eigenvalue weighted by Crippen LogP contribution is 2.19. The standard InChI is InChI=1S/C17H30N6S.HI/c1-2-6-21-7-3-15(4-8-21)14-20-16(18)22-9-11-23(12-10-22)17-19-5-13-24-17;/h5,13,15H,2-4,6-12,14H2,1H3,(H2,18,20);1H. The monoisotopic (exact) mass is 478 g/mol. The normalized spacial score (nSPS) is 20.6. The molecule has 0 spiro atoms. The molecule has 8 heteroatoms. The van der Waals surface area contributed by atoms with Crippen molar-refractivity contribution in [1.82, 2.24) is 14.8 Å². The Bertz CT molecular complexity index is 507. The lowest BCUT2D eigenvalue weighted by molar-refractivity contribution is 0.188. The van der Waals surface area contributed by atoms with E-state index in [1.165, 1.54) is 38.9 Å². The van der Waals surface area contributed by atoms with Gasteiger partial charge in [-0.2, -0.15) is 0 Å². The van der Waals surface area contributed by atoms with Crippen LogP contribution in [0.4, 0.5) is 5.13 Å². The van der Waals surface area contributed by atoms with E-state index in [0.717, 1.165) is 43.8 Å². The van der Waals surface area contributed by atoms with Gasteiger partial charge in [-0.05, 0) is 44.8 Å². The van der Waals surface area contributed by atoms with Crippen LogP contribution in [0.5, 0.6) is 0 Å². The summed E-state index contributed by atoms with van der Waals surface area (Å²) in [4.78, 5) is 16.2. The van der Waals surface area contributed by atoms with E-state index in [-0.39, 0.29) is 24.0 Å². The number of likely N-dealkylation sites (tertiary alicyclic amines) is 1. The summed E-state index contributed by atoms with van der Waals surface area (Å²) in [5.41, 5.74) is 6.24. The number of nitrogens with two attached hydrogens (primary N) is 1. The zero-order chi connectivity index (χ0) is 16.8. The van der Waals surface area contributed by atoms with Crippen molar-refractivity contribution in [2.24, 2.45) is 16.6 Å². The van der Waals surface area contributed by atoms with Gasteiger partial charge in [0.05, 0.1) is 0 Å². The first-order valence-corrected chi connectivity index (χ1v) is 10.1. The first-order valence-electron chi connectivity index (χ1n) is 9.18. The summed E-state index contributed by atoms with van der Waals surface area (Å²) in [6.07, 6.45) is 5.64. The largest absolute Gasteiger partial charge is 0.370 e. The number of halogens is 1. The molecule has 2 fully saturated rings. The van der Waals surface area contributed by atoms with Gasteiger partial charge in [-0.1, -0.05) is 6.92 Å². The number of piperidine rings is 1. The summed E-state index contributed by atoms with van der Waals surface area (Å²) in [5, 5.41) is 3.15. The molecule has 142 valence electrons. The van der Waals surface area contributed by atoms with Crippen LogP contribution < -0.4 is 10.6 Å². The van der Waals surface area contributed by atoms with E-state index in [0.29, 0.717) is 5.92 Å². The van der Waals surface area contributed by atoms with Gasteiger partial charge < -0.3 is 20.4 Å². The van der Waals surface area contributed by atoms with Crippen LogP contribution in [0.15, 0.2) is 16.6 Å². The Balaban J connectivity index is 0.00000225. The Morgan fingerprint density at radius 1 is 1.24 bits per heavy atom. The lowest BCUT2D eigenvalue weighted by Gasteiger charge is -2.35. The van der Waals surface area contributed by atoms with Gasteiger partial charge in [-0.25, -0.2) is 4.98 Å². The molecular formula is C17H31IN6S. The third kappa shape index (κ3) is 5.96.